The normalized spacial score (nSPS) is 12.4. The number of imidazole rings is 1. The van der Waals surface area contributed by atoms with E-state index in [-0.39, 0.29) is 5.41 Å². The lowest BCUT2D eigenvalue weighted by Crippen LogP contribution is -2.12. The Morgan fingerprint density at radius 1 is 0.542 bits per heavy atom. The molecule has 0 N–H and O–H groups in total. The minimum Gasteiger partial charge on any atom is -0.457 e. The SMILES string of the molecule is Cn1c(-c2cccc(Oc3ccc4c5c6c(ccc5n(-c5cc(C(C)(C)C)ccn5)c4c3)-n3c4ccccc4c4cccc(c43)-c3ccccc3-6)c2)nc2ccccc21. The van der Waals surface area contributed by atoms with Gasteiger partial charge in [0.25, 0.3) is 0 Å². The van der Waals surface area contributed by atoms with Crippen molar-refractivity contribution in [1.82, 2.24) is 23.7 Å². The van der Waals surface area contributed by atoms with Crippen molar-refractivity contribution in [3.05, 3.63) is 169 Å². The highest BCUT2D eigenvalue weighted by Gasteiger charge is 2.28. The monoisotopic (exact) mass is 761 g/mol. The van der Waals surface area contributed by atoms with E-state index in [9.17, 15) is 0 Å². The first kappa shape index (κ1) is 33.7. The molecule has 5 heterocycles. The molecule has 0 atom stereocenters. The van der Waals surface area contributed by atoms with Gasteiger partial charge in [-0.25, -0.2) is 9.97 Å². The van der Waals surface area contributed by atoms with Crippen LogP contribution in [0.5, 0.6) is 11.5 Å². The van der Waals surface area contributed by atoms with Gasteiger partial charge in [-0.1, -0.05) is 106 Å². The number of para-hydroxylation sites is 4. The van der Waals surface area contributed by atoms with Crippen molar-refractivity contribution in [3.8, 4) is 56.6 Å². The lowest BCUT2D eigenvalue weighted by Gasteiger charge is -2.20. The van der Waals surface area contributed by atoms with E-state index in [1.807, 2.05) is 30.5 Å². The van der Waals surface area contributed by atoms with Gasteiger partial charge in [0.05, 0.1) is 38.8 Å². The average Bonchev–Trinajstić information content (AvgIpc) is 3.87. The fourth-order valence-electron chi connectivity index (χ4n) is 9.51. The molecule has 0 saturated heterocycles. The topological polar surface area (TPSA) is 49.8 Å². The first-order chi connectivity index (χ1) is 28.8. The highest BCUT2D eigenvalue weighted by molar-refractivity contribution is 6.22. The number of hydrogen-bond donors (Lipinski definition) is 0. The standard InChI is InChI=1S/C53H39N5O/c1-53(2,3)33-27-28-54-48(30-33)57-45-25-26-46-49(38-17-6-5-15-36(38)39-18-12-19-40-37-16-7-9-21-43(37)58(46)51(39)40)50(45)41-24-23-35(31-47(41)57)59-34-14-11-13-32(29-34)52-55-42-20-8-10-22-44(42)56(52)4/h5-31H,1-4H3. The number of benzene rings is 7. The van der Waals surface area contributed by atoms with Crippen molar-refractivity contribution in [2.24, 2.45) is 7.05 Å². The van der Waals surface area contributed by atoms with Gasteiger partial charge in [0, 0.05) is 57.5 Å². The molecule has 1 aliphatic rings. The van der Waals surface area contributed by atoms with Gasteiger partial charge in [-0.2, -0.15) is 0 Å². The van der Waals surface area contributed by atoms with E-state index in [0.29, 0.717) is 0 Å². The lowest BCUT2D eigenvalue weighted by molar-refractivity contribution is 0.483. The second kappa shape index (κ2) is 12.3. The molecule has 0 saturated carbocycles. The quantitative estimate of drug-likeness (QED) is 0.179. The summed E-state index contributed by atoms with van der Waals surface area (Å²) in [6.45, 7) is 6.76. The van der Waals surface area contributed by atoms with Crippen LogP contribution in [0.2, 0.25) is 0 Å². The molecule has 11 aromatic rings. The number of nitrogens with zero attached hydrogens (tertiary/aromatic N) is 5. The molecule has 0 aliphatic carbocycles. The zero-order valence-corrected chi connectivity index (χ0v) is 33.2. The third-order valence-electron chi connectivity index (χ3n) is 12.3. The highest BCUT2D eigenvalue weighted by atomic mass is 16.5. The molecule has 0 fully saturated rings. The molecule has 7 aromatic carbocycles. The van der Waals surface area contributed by atoms with Crippen LogP contribution in [0.3, 0.4) is 0 Å². The van der Waals surface area contributed by atoms with E-state index < -0.39 is 0 Å². The van der Waals surface area contributed by atoms with Crippen molar-refractivity contribution < 1.29 is 4.74 Å². The predicted octanol–water partition coefficient (Wildman–Crippen LogP) is 13.6. The summed E-state index contributed by atoms with van der Waals surface area (Å²) in [7, 11) is 2.06. The molecule has 0 unspecified atom stereocenters. The van der Waals surface area contributed by atoms with Gasteiger partial charge < -0.3 is 13.9 Å². The third kappa shape index (κ3) is 4.93. The summed E-state index contributed by atoms with van der Waals surface area (Å²) in [5.74, 6) is 3.26. The minimum atomic E-state index is -0.0581. The maximum absolute atomic E-state index is 6.76. The maximum atomic E-state index is 6.76. The molecule has 0 spiro atoms. The van der Waals surface area contributed by atoms with Crippen LogP contribution in [0, 0.1) is 0 Å². The van der Waals surface area contributed by atoms with E-state index in [4.69, 9.17) is 14.7 Å². The van der Waals surface area contributed by atoms with E-state index >= 15 is 0 Å². The zero-order chi connectivity index (χ0) is 39.6. The Morgan fingerprint density at radius 3 is 2.15 bits per heavy atom. The molecule has 1 aliphatic heterocycles. The number of hydrogen-bond acceptors (Lipinski definition) is 3. The molecule has 12 rings (SSSR count). The molecule has 6 heteroatoms. The van der Waals surface area contributed by atoms with Gasteiger partial charge in [-0.3, -0.25) is 4.57 Å². The molecular weight excluding hydrogens is 723 g/mol. The summed E-state index contributed by atoms with van der Waals surface area (Å²) in [4.78, 5) is 10.0. The molecule has 0 radical (unpaired) electrons. The summed E-state index contributed by atoms with van der Waals surface area (Å²) in [5, 5.41) is 4.83. The third-order valence-corrected chi connectivity index (χ3v) is 12.3. The Kier molecular flexibility index (Phi) is 7.01. The summed E-state index contributed by atoms with van der Waals surface area (Å²) < 4.78 is 13.7. The van der Waals surface area contributed by atoms with E-state index in [1.54, 1.807) is 0 Å². The number of fused-ring (bicyclic) bond motifs is 13. The van der Waals surface area contributed by atoms with E-state index in [2.05, 4.69) is 175 Å². The fraction of sp³-hybridized carbons (Fsp3) is 0.0943. The highest BCUT2D eigenvalue weighted by Crippen LogP contribution is 2.51. The van der Waals surface area contributed by atoms with Gasteiger partial charge in [-0.15, -0.1) is 0 Å². The Bertz CT molecular complexity index is 3540. The number of rotatable bonds is 4. The molecular formula is C53H39N5O. The summed E-state index contributed by atoms with van der Waals surface area (Å²) in [6, 6.07) is 56.4. The second-order valence-corrected chi connectivity index (χ2v) is 16.7. The number of aromatic nitrogens is 5. The number of pyridine rings is 1. The Balaban J connectivity index is 1.12. The van der Waals surface area contributed by atoms with Crippen molar-refractivity contribution in [3.63, 3.8) is 0 Å². The summed E-state index contributed by atoms with van der Waals surface area (Å²) in [5.41, 5.74) is 14.8. The molecule has 0 amide bonds. The van der Waals surface area contributed by atoms with Crippen LogP contribution in [0.1, 0.15) is 26.3 Å². The lowest BCUT2D eigenvalue weighted by atomic mass is 9.88. The van der Waals surface area contributed by atoms with Gasteiger partial charge in [0.2, 0.25) is 0 Å². The molecule has 282 valence electrons. The largest absolute Gasteiger partial charge is 0.457 e. The Hall–Kier alpha value is -7.44. The summed E-state index contributed by atoms with van der Waals surface area (Å²) in [6.07, 6.45) is 1.94. The molecule has 4 aromatic heterocycles. The van der Waals surface area contributed by atoms with Crippen molar-refractivity contribution in [2.75, 3.05) is 0 Å². The van der Waals surface area contributed by atoms with Gasteiger partial charge in [0.15, 0.2) is 0 Å². The molecule has 59 heavy (non-hydrogen) atoms. The van der Waals surface area contributed by atoms with Gasteiger partial charge in [-0.05, 0) is 88.8 Å². The van der Waals surface area contributed by atoms with Crippen LogP contribution in [0.15, 0.2) is 164 Å². The van der Waals surface area contributed by atoms with Crippen molar-refractivity contribution in [2.45, 2.75) is 26.2 Å². The molecule has 6 nitrogen and oxygen atoms in total. The minimum absolute atomic E-state index is 0.0581. The zero-order valence-electron chi connectivity index (χ0n) is 33.2. The van der Waals surface area contributed by atoms with Gasteiger partial charge >= 0.3 is 0 Å². The predicted molar refractivity (Wildman–Crippen MR) is 242 cm³/mol. The maximum Gasteiger partial charge on any atom is 0.140 e. The smallest absolute Gasteiger partial charge is 0.140 e. The summed E-state index contributed by atoms with van der Waals surface area (Å²) >= 11 is 0. The van der Waals surface area contributed by atoms with E-state index in [1.165, 1.54) is 55.0 Å². The number of ether oxygens (including phenoxy) is 1. The molecule has 0 bridgehead atoms. The number of aryl methyl sites for hydroxylation is 1. The average molecular weight is 762 g/mol. The fourth-order valence-corrected chi connectivity index (χ4v) is 9.51. The van der Waals surface area contributed by atoms with Crippen LogP contribution in [-0.2, 0) is 12.5 Å². The van der Waals surface area contributed by atoms with Crippen LogP contribution in [-0.4, -0.2) is 23.7 Å². The van der Waals surface area contributed by atoms with Crippen LogP contribution < -0.4 is 4.74 Å². The second-order valence-electron chi connectivity index (χ2n) is 16.7. The first-order valence-electron chi connectivity index (χ1n) is 20.2. The van der Waals surface area contributed by atoms with Crippen LogP contribution >= 0.6 is 0 Å². The van der Waals surface area contributed by atoms with Gasteiger partial charge in [0.1, 0.15) is 23.1 Å². The Labute approximate surface area is 341 Å². The van der Waals surface area contributed by atoms with Crippen molar-refractivity contribution >= 4 is 54.6 Å². The Morgan fingerprint density at radius 2 is 1.29 bits per heavy atom. The van der Waals surface area contributed by atoms with Crippen LogP contribution in [0.25, 0.3) is 99.8 Å². The van der Waals surface area contributed by atoms with Crippen molar-refractivity contribution in [1.29, 1.82) is 0 Å². The van der Waals surface area contributed by atoms with E-state index in [0.717, 1.165) is 61.8 Å². The first-order valence-corrected chi connectivity index (χ1v) is 20.2. The van der Waals surface area contributed by atoms with Crippen LogP contribution in [0.4, 0.5) is 0 Å².